The summed E-state index contributed by atoms with van der Waals surface area (Å²) < 4.78 is 0.858. The van der Waals surface area contributed by atoms with E-state index in [2.05, 4.69) is 39.8 Å². The molecule has 1 fully saturated rings. The van der Waals surface area contributed by atoms with Gasteiger partial charge in [-0.25, -0.2) is 0 Å². The number of oxime groups is 1. The molecular weight excluding hydrogens is 318 g/mol. The Balaban J connectivity index is 2.24. The first-order valence-electron chi connectivity index (χ1n) is 7.06. The first kappa shape index (κ1) is 15.2. The van der Waals surface area contributed by atoms with Gasteiger partial charge in [0, 0.05) is 23.2 Å². The van der Waals surface area contributed by atoms with Crippen molar-refractivity contribution < 1.29 is 5.21 Å². The number of amidine groups is 1. The Morgan fingerprint density at radius 2 is 2.05 bits per heavy atom. The average Bonchev–Trinajstić information content (AvgIpc) is 2.46. The van der Waals surface area contributed by atoms with E-state index in [1.54, 1.807) is 0 Å². The number of hydrogen-bond acceptors (Lipinski definition) is 3. The van der Waals surface area contributed by atoms with E-state index < -0.39 is 0 Å². The van der Waals surface area contributed by atoms with Crippen molar-refractivity contribution in [2.75, 3.05) is 18.0 Å². The summed E-state index contributed by atoms with van der Waals surface area (Å²) in [7, 11) is 0. The molecule has 1 heterocycles. The lowest BCUT2D eigenvalue weighted by Gasteiger charge is -2.36. The van der Waals surface area contributed by atoms with Gasteiger partial charge in [-0.15, -0.1) is 0 Å². The number of anilines is 1. The van der Waals surface area contributed by atoms with Crippen molar-refractivity contribution in [3.8, 4) is 0 Å². The molecule has 1 saturated heterocycles. The Kier molecular flexibility index (Phi) is 4.91. The predicted molar refractivity (Wildman–Crippen MR) is 86.4 cm³/mol. The van der Waals surface area contributed by atoms with Crippen molar-refractivity contribution >= 4 is 27.5 Å². The summed E-state index contributed by atoms with van der Waals surface area (Å²) in [6, 6.07) is 5.94. The highest BCUT2D eigenvalue weighted by atomic mass is 79.9. The fraction of sp³-hybridized carbons (Fsp3) is 0.533. The highest BCUT2D eigenvalue weighted by molar-refractivity contribution is 9.10. The summed E-state index contributed by atoms with van der Waals surface area (Å²) >= 11 is 3.49. The number of nitrogens with two attached hydrogens (primary N) is 1. The van der Waals surface area contributed by atoms with Crippen LogP contribution in [-0.2, 0) is 0 Å². The van der Waals surface area contributed by atoms with Crippen LogP contribution in [0.2, 0.25) is 0 Å². The van der Waals surface area contributed by atoms with E-state index in [1.165, 1.54) is 12.8 Å². The van der Waals surface area contributed by atoms with E-state index in [-0.39, 0.29) is 5.84 Å². The number of rotatable bonds is 3. The van der Waals surface area contributed by atoms with E-state index in [9.17, 15) is 0 Å². The molecule has 110 valence electrons. The summed E-state index contributed by atoms with van der Waals surface area (Å²) in [5, 5.41) is 12.1. The van der Waals surface area contributed by atoms with Crippen molar-refractivity contribution in [1.82, 2.24) is 0 Å². The molecule has 1 aliphatic rings. The number of halogens is 1. The molecule has 0 saturated carbocycles. The third-order valence-electron chi connectivity index (χ3n) is 4.18. The fourth-order valence-corrected chi connectivity index (χ4v) is 3.45. The molecule has 1 aromatic rings. The Morgan fingerprint density at radius 1 is 1.40 bits per heavy atom. The van der Waals surface area contributed by atoms with Gasteiger partial charge in [-0.2, -0.15) is 0 Å². The van der Waals surface area contributed by atoms with E-state index in [0.29, 0.717) is 0 Å². The molecule has 1 aromatic carbocycles. The van der Waals surface area contributed by atoms with Gasteiger partial charge >= 0.3 is 0 Å². The summed E-state index contributed by atoms with van der Waals surface area (Å²) in [6.45, 7) is 6.62. The quantitative estimate of drug-likeness (QED) is 0.384. The average molecular weight is 340 g/mol. The van der Waals surface area contributed by atoms with Gasteiger partial charge in [-0.3, -0.25) is 0 Å². The zero-order valence-corrected chi connectivity index (χ0v) is 13.6. The predicted octanol–water partition coefficient (Wildman–Crippen LogP) is 3.42. The largest absolute Gasteiger partial charge is 0.409 e. The van der Waals surface area contributed by atoms with Crippen LogP contribution in [0.25, 0.3) is 0 Å². The molecule has 4 nitrogen and oxygen atoms in total. The molecule has 0 spiro atoms. The summed E-state index contributed by atoms with van der Waals surface area (Å²) in [6.07, 6.45) is 2.39. The third-order valence-corrected chi connectivity index (χ3v) is 4.84. The normalized spacial score (nSPS) is 17.8. The Morgan fingerprint density at radius 3 is 2.60 bits per heavy atom. The lowest BCUT2D eigenvalue weighted by Crippen LogP contribution is -2.36. The van der Waals surface area contributed by atoms with Crippen LogP contribution >= 0.6 is 15.9 Å². The van der Waals surface area contributed by atoms with Crippen LogP contribution in [0.4, 0.5) is 5.69 Å². The summed E-state index contributed by atoms with van der Waals surface area (Å²) in [4.78, 5) is 2.33. The van der Waals surface area contributed by atoms with Crippen LogP contribution in [0.1, 0.15) is 32.3 Å². The third kappa shape index (κ3) is 3.08. The molecule has 0 bridgehead atoms. The van der Waals surface area contributed by atoms with Crippen LogP contribution in [0.5, 0.6) is 0 Å². The van der Waals surface area contributed by atoms with Gasteiger partial charge in [0.15, 0.2) is 5.84 Å². The van der Waals surface area contributed by atoms with E-state index in [0.717, 1.165) is 40.6 Å². The number of nitrogens with zero attached hydrogens (tertiary/aromatic N) is 2. The lowest BCUT2D eigenvalue weighted by atomic mass is 9.86. The molecule has 5 heteroatoms. The number of benzene rings is 1. The maximum Gasteiger partial charge on any atom is 0.173 e. The molecule has 0 radical (unpaired) electrons. The van der Waals surface area contributed by atoms with Crippen molar-refractivity contribution in [3.05, 3.63) is 28.2 Å². The SMILES string of the molecule is CC(C)C1CCN(c2cccc(Br)c2/C(N)=N/O)CC1. The van der Waals surface area contributed by atoms with Crippen LogP contribution in [0, 0.1) is 11.8 Å². The molecule has 3 N–H and O–H groups in total. The maximum atomic E-state index is 8.97. The topological polar surface area (TPSA) is 61.8 Å². The zero-order valence-electron chi connectivity index (χ0n) is 12.0. The van der Waals surface area contributed by atoms with Crippen LogP contribution in [-0.4, -0.2) is 24.1 Å². The second kappa shape index (κ2) is 6.48. The van der Waals surface area contributed by atoms with Crippen molar-refractivity contribution in [1.29, 1.82) is 0 Å². The van der Waals surface area contributed by atoms with Crippen molar-refractivity contribution in [2.24, 2.45) is 22.7 Å². The Labute approximate surface area is 128 Å². The van der Waals surface area contributed by atoms with Gasteiger partial charge in [-0.1, -0.05) is 25.1 Å². The Bertz CT molecular complexity index is 494. The molecule has 0 amide bonds. The first-order valence-corrected chi connectivity index (χ1v) is 7.85. The van der Waals surface area contributed by atoms with Crippen LogP contribution in [0.3, 0.4) is 0 Å². The monoisotopic (exact) mass is 339 g/mol. The summed E-state index contributed by atoms with van der Waals surface area (Å²) in [5.41, 5.74) is 7.64. The van der Waals surface area contributed by atoms with Gasteiger partial charge in [0.25, 0.3) is 0 Å². The molecule has 1 aliphatic heterocycles. The van der Waals surface area contributed by atoms with Gasteiger partial charge in [0.2, 0.25) is 0 Å². The van der Waals surface area contributed by atoms with Gasteiger partial charge < -0.3 is 15.8 Å². The molecule has 20 heavy (non-hydrogen) atoms. The van der Waals surface area contributed by atoms with Gasteiger partial charge in [-0.05, 0) is 52.7 Å². The lowest BCUT2D eigenvalue weighted by molar-refractivity contribution is 0.311. The second-order valence-electron chi connectivity index (χ2n) is 5.69. The van der Waals surface area contributed by atoms with E-state index in [1.807, 2.05) is 18.2 Å². The summed E-state index contributed by atoms with van der Waals surface area (Å²) in [5.74, 6) is 1.69. The number of piperidine rings is 1. The first-order chi connectivity index (χ1) is 9.54. The van der Waals surface area contributed by atoms with Crippen molar-refractivity contribution in [3.63, 3.8) is 0 Å². The minimum atomic E-state index is 0.151. The smallest absolute Gasteiger partial charge is 0.173 e. The highest BCUT2D eigenvalue weighted by Crippen LogP contribution is 2.32. The fourth-order valence-electron chi connectivity index (χ4n) is 2.89. The Hall–Kier alpha value is -1.23. The molecule has 0 aliphatic carbocycles. The van der Waals surface area contributed by atoms with E-state index in [4.69, 9.17) is 10.9 Å². The van der Waals surface area contributed by atoms with Crippen LogP contribution in [0.15, 0.2) is 27.8 Å². The van der Waals surface area contributed by atoms with Gasteiger partial charge in [0.05, 0.1) is 5.56 Å². The van der Waals surface area contributed by atoms with Crippen molar-refractivity contribution in [2.45, 2.75) is 26.7 Å². The minimum Gasteiger partial charge on any atom is -0.409 e. The number of hydrogen-bond donors (Lipinski definition) is 2. The second-order valence-corrected chi connectivity index (χ2v) is 6.54. The molecule has 0 aromatic heterocycles. The molecule has 2 rings (SSSR count). The van der Waals surface area contributed by atoms with Gasteiger partial charge in [0.1, 0.15) is 0 Å². The molecule has 0 unspecified atom stereocenters. The highest BCUT2D eigenvalue weighted by Gasteiger charge is 2.24. The maximum absolute atomic E-state index is 8.97. The molecule has 0 atom stereocenters. The minimum absolute atomic E-state index is 0.151. The van der Waals surface area contributed by atoms with Crippen LogP contribution < -0.4 is 10.6 Å². The molecular formula is C15H22BrN3O. The zero-order chi connectivity index (χ0) is 14.7. The van der Waals surface area contributed by atoms with E-state index >= 15 is 0 Å². The standard InChI is InChI=1S/C15H22BrN3O/c1-10(2)11-6-8-19(9-7-11)13-5-3-4-12(16)14(13)15(17)18-20/h3-5,10-11,20H,6-9H2,1-2H3,(H2,17,18).